The van der Waals surface area contributed by atoms with E-state index in [2.05, 4.69) is 5.16 Å². The van der Waals surface area contributed by atoms with Gasteiger partial charge in [0.1, 0.15) is 6.21 Å². The predicted octanol–water partition coefficient (Wildman–Crippen LogP) is 2.64. The van der Waals surface area contributed by atoms with E-state index in [4.69, 9.17) is 28.4 Å². The molecule has 1 aromatic rings. The molecule has 0 saturated carbocycles. The summed E-state index contributed by atoms with van der Waals surface area (Å²) in [5, 5.41) is 11.4. The summed E-state index contributed by atoms with van der Waals surface area (Å²) < 4.78 is 0. The molecule has 0 aromatic heterocycles. The van der Waals surface area contributed by atoms with E-state index in [-0.39, 0.29) is 10.6 Å². The van der Waals surface area contributed by atoms with Gasteiger partial charge in [-0.3, -0.25) is 4.79 Å². The Labute approximate surface area is 84.6 Å². The van der Waals surface area contributed by atoms with Crippen molar-refractivity contribution in [3.63, 3.8) is 0 Å². The highest BCUT2D eigenvalue weighted by Gasteiger charge is 2.07. The van der Waals surface area contributed by atoms with E-state index in [9.17, 15) is 4.79 Å². The number of hydrogen-bond donors (Lipinski definition) is 1. The third-order valence-corrected chi connectivity index (χ3v) is 1.92. The number of rotatable bonds is 2. The molecule has 0 aliphatic carbocycles. The molecule has 5 heteroatoms. The van der Waals surface area contributed by atoms with Crippen molar-refractivity contribution in [2.45, 2.75) is 0 Å². The Morgan fingerprint density at radius 1 is 1.46 bits per heavy atom. The largest absolute Gasteiger partial charge is 0.411 e. The van der Waals surface area contributed by atoms with Crippen LogP contribution < -0.4 is 0 Å². The van der Waals surface area contributed by atoms with Gasteiger partial charge in [-0.15, -0.1) is 0 Å². The Hall–Kier alpha value is -1.06. The molecule has 0 aliphatic rings. The molecular weight excluding hydrogens is 213 g/mol. The number of Topliss-reactive ketones (excluding diaryl/α,β-unsaturated/α-hetero) is 1. The molecule has 0 spiro atoms. The SMILES string of the molecule is O=C(C=NO)c1ccc(Cl)cc1Cl. The van der Waals surface area contributed by atoms with Gasteiger partial charge in [0.25, 0.3) is 0 Å². The number of carbonyl (C=O) groups is 1. The molecule has 3 nitrogen and oxygen atoms in total. The maximum Gasteiger partial charge on any atom is 0.208 e. The molecule has 1 N–H and O–H groups in total. The topological polar surface area (TPSA) is 49.7 Å². The van der Waals surface area contributed by atoms with Crippen molar-refractivity contribution >= 4 is 35.2 Å². The van der Waals surface area contributed by atoms with Crippen LogP contribution >= 0.6 is 23.2 Å². The van der Waals surface area contributed by atoms with E-state index in [1.165, 1.54) is 18.2 Å². The van der Waals surface area contributed by atoms with Crippen LogP contribution in [0.1, 0.15) is 10.4 Å². The summed E-state index contributed by atoms with van der Waals surface area (Å²) in [7, 11) is 0. The van der Waals surface area contributed by atoms with Crippen molar-refractivity contribution in [3.8, 4) is 0 Å². The van der Waals surface area contributed by atoms with Gasteiger partial charge in [0.15, 0.2) is 0 Å². The molecule has 0 aliphatic heterocycles. The molecule has 0 heterocycles. The van der Waals surface area contributed by atoms with Crippen molar-refractivity contribution in [2.75, 3.05) is 0 Å². The average molecular weight is 218 g/mol. The molecule has 0 radical (unpaired) electrons. The molecule has 1 aromatic carbocycles. The highest BCUT2D eigenvalue weighted by Crippen LogP contribution is 2.20. The van der Waals surface area contributed by atoms with Gasteiger partial charge in [-0.25, -0.2) is 0 Å². The minimum atomic E-state index is -0.468. The normalized spacial score (nSPS) is 10.6. The first kappa shape index (κ1) is 10.0. The predicted molar refractivity (Wildman–Crippen MR) is 51.1 cm³/mol. The van der Waals surface area contributed by atoms with Crippen molar-refractivity contribution in [3.05, 3.63) is 33.8 Å². The number of ketones is 1. The summed E-state index contributed by atoms with van der Waals surface area (Å²) >= 11 is 11.3. The Bertz CT molecular complexity index is 363. The lowest BCUT2D eigenvalue weighted by Gasteiger charge is -1.98. The summed E-state index contributed by atoms with van der Waals surface area (Å²) in [5.41, 5.74) is 0.254. The van der Waals surface area contributed by atoms with Crippen LogP contribution in [0.3, 0.4) is 0 Å². The summed E-state index contributed by atoms with van der Waals surface area (Å²) in [5.74, 6) is -0.468. The van der Waals surface area contributed by atoms with Crippen LogP contribution in [0.4, 0.5) is 0 Å². The molecule has 0 amide bonds. The lowest BCUT2D eigenvalue weighted by atomic mass is 10.1. The highest BCUT2D eigenvalue weighted by atomic mass is 35.5. The van der Waals surface area contributed by atoms with Gasteiger partial charge in [0, 0.05) is 10.6 Å². The lowest BCUT2D eigenvalue weighted by Crippen LogP contribution is -2.00. The van der Waals surface area contributed by atoms with Gasteiger partial charge in [0.2, 0.25) is 5.78 Å². The zero-order valence-corrected chi connectivity index (χ0v) is 7.88. The van der Waals surface area contributed by atoms with Gasteiger partial charge in [-0.05, 0) is 18.2 Å². The van der Waals surface area contributed by atoms with E-state index < -0.39 is 5.78 Å². The fourth-order valence-corrected chi connectivity index (χ4v) is 1.31. The summed E-state index contributed by atoms with van der Waals surface area (Å²) in [6.07, 6.45) is 0.773. The number of benzene rings is 1. The van der Waals surface area contributed by atoms with Crippen LogP contribution in [0.25, 0.3) is 0 Å². The number of halogens is 2. The first-order valence-corrected chi connectivity index (χ1v) is 4.07. The molecule has 68 valence electrons. The quantitative estimate of drug-likeness (QED) is 0.359. The van der Waals surface area contributed by atoms with Crippen molar-refractivity contribution in [2.24, 2.45) is 5.16 Å². The molecule has 0 atom stereocenters. The number of hydrogen-bond acceptors (Lipinski definition) is 3. The summed E-state index contributed by atoms with van der Waals surface area (Å²) in [6.45, 7) is 0. The first-order chi connectivity index (χ1) is 6.15. The Kier molecular flexibility index (Phi) is 3.28. The molecule has 13 heavy (non-hydrogen) atoms. The van der Waals surface area contributed by atoms with Gasteiger partial charge < -0.3 is 5.21 Å². The lowest BCUT2D eigenvalue weighted by molar-refractivity contribution is 0.106. The third-order valence-electron chi connectivity index (χ3n) is 1.37. The van der Waals surface area contributed by atoms with Crippen LogP contribution in [-0.4, -0.2) is 17.2 Å². The monoisotopic (exact) mass is 217 g/mol. The van der Waals surface area contributed by atoms with Crippen LogP contribution in [0.2, 0.25) is 10.0 Å². The second-order valence-corrected chi connectivity index (χ2v) is 3.08. The van der Waals surface area contributed by atoms with Crippen LogP contribution in [0.15, 0.2) is 23.4 Å². The van der Waals surface area contributed by atoms with Crippen LogP contribution in [0.5, 0.6) is 0 Å². The van der Waals surface area contributed by atoms with Crippen LogP contribution in [0, 0.1) is 0 Å². The molecule has 0 saturated heterocycles. The number of carbonyl (C=O) groups excluding carboxylic acids is 1. The molecule has 0 unspecified atom stereocenters. The van der Waals surface area contributed by atoms with E-state index in [1.807, 2.05) is 0 Å². The maximum absolute atomic E-state index is 11.1. The molecule has 0 bridgehead atoms. The average Bonchev–Trinajstić information content (AvgIpc) is 2.04. The smallest absolute Gasteiger partial charge is 0.208 e. The fourth-order valence-electron chi connectivity index (χ4n) is 0.811. The van der Waals surface area contributed by atoms with E-state index in [0.717, 1.165) is 6.21 Å². The first-order valence-electron chi connectivity index (χ1n) is 3.32. The second kappa shape index (κ2) is 4.25. The van der Waals surface area contributed by atoms with E-state index in [1.54, 1.807) is 0 Å². The Balaban J connectivity index is 3.09. The third kappa shape index (κ3) is 2.44. The maximum atomic E-state index is 11.1. The molecular formula is C8H5Cl2NO2. The highest BCUT2D eigenvalue weighted by molar-refractivity contribution is 6.43. The van der Waals surface area contributed by atoms with Gasteiger partial charge >= 0.3 is 0 Å². The Morgan fingerprint density at radius 3 is 2.69 bits per heavy atom. The zero-order valence-electron chi connectivity index (χ0n) is 6.37. The fraction of sp³-hybridized carbons (Fsp3) is 0. The standard InChI is InChI=1S/C8H5Cl2NO2/c9-5-1-2-6(7(10)3-5)8(12)4-11-13/h1-4,13H. The van der Waals surface area contributed by atoms with Crippen molar-refractivity contribution < 1.29 is 10.0 Å². The van der Waals surface area contributed by atoms with Gasteiger partial charge in [-0.1, -0.05) is 28.4 Å². The summed E-state index contributed by atoms with van der Waals surface area (Å²) in [4.78, 5) is 11.1. The van der Waals surface area contributed by atoms with Gasteiger partial charge in [-0.2, -0.15) is 0 Å². The van der Waals surface area contributed by atoms with Crippen LogP contribution in [-0.2, 0) is 0 Å². The molecule has 1 rings (SSSR count). The van der Waals surface area contributed by atoms with E-state index in [0.29, 0.717) is 5.02 Å². The number of oxime groups is 1. The van der Waals surface area contributed by atoms with Gasteiger partial charge in [0.05, 0.1) is 5.02 Å². The minimum absolute atomic E-state index is 0.234. The van der Waals surface area contributed by atoms with E-state index >= 15 is 0 Å². The number of nitrogens with zero attached hydrogens (tertiary/aromatic N) is 1. The second-order valence-electron chi connectivity index (χ2n) is 2.23. The zero-order chi connectivity index (χ0) is 9.84. The van der Waals surface area contributed by atoms with Crippen molar-refractivity contribution in [1.29, 1.82) is 0 Å². The molecule has 0 fully saturated rings. The van der Waals surface area contributed by atoms with Crippen molar-refractivity contribution in [1.82, 2.24) is 0 Å². The Morgan fingerprint density at radius 2 is 2.15 bits per heavy atom. The minimum Gasteiger partial charge on any atom is -0.411 e. The summed E-state index contributed by atoms with van der Waals surface area (Å²) in [6, 6.07) is 4.45.